The van der Waals surface area contributed by atoms with E-state index in [1.165, 1.54) is 0 Å². The van der Waals surface area contributed by atoms with E-state index in [-0.39, 0.29) is 31.2 Å². The molecule has 0 saturated carbocycles. The fourth-order valence-electron chi connectivity index (χ4n) is 8.73. The molecule has 3 aromatic heterocycles. The molecule has 0 saturated heterocycles. The molecule has 71 heavy (non-hydrogen) atoms. The minimum Gasteiger partial charge on any atom is -0.304 e. The number of benzene rings is 9. The van der Waals surface area contributed by atoms with Crippen LogP contribution < -0.4 is 0 Å². The van der Waals surface area contributed by atoms with E-state index in [1.807, 2.05) is 119 Å². The Labute approximate surface area is 440 Å². The van der Waals surface area contributed by atoms with Gasteiger partial charge in [0.1, 0.15) is 0 Å². The van der Waals surface area contributed by atoms with Gasteiger partial charge in [-0.2, -0.15) is 58.7 Å². The molecule has 0 N–H and O–H groups in total. The minimum atomic E-state index is -0.632. The first kappa shape index (κ1) is 35.3. The molecule has 0 aliphatic heterocycles. The fraction of sp³-hybridized carbons (Fsp3) is 0. The van der Waals surface area contributed by atoms with Crippen molar-refractivity contribution in [2.24, 2.45) is 0 Å². The first-order valence-electron chi connectivity index (χ1n) is 27.1. The van der Waals surface area contributed by atoms with Crippen LogP contribution in [0.5, 0.6) is 0 Å². The Balaban J connectivity index is 0.00000675. The molecule has 6 heteroatoms. The van der Waals surface area contributed by atoms with Gasteiger partial charge >= 0.3 is 20.1 Å². The Hall–Kier alpha value is -8.80. The molecule has 12 rings (SSSR count). The second kappa shape index (κ2) is 20.0. The van der Waals surface area contributed by atoms with Gasteiger partial charge in [0.05, 0.1) is 24.7 Å². The van der Waals surface area contributed by atoms with Crippen molar-refractivity contribution in [3.8, 4) is 112 Å². The van der Waals surface area contributed by atoms with Gasteiger partial charge in [0.25, 0.3) is 0 Å². The molecular formula is C65H42IrN5. The minimum absolute atomic E-state index is 0. The summed E-state index contributed by atoms with van der Waals surface area (Å²) in [5, 5.41) is 9.47. The SMILES string of the molecule is [2H]c1c([2H])c([2H])c(-c2c([2H])c([2H])c(-c3cc[c-]c(-c4ccc(-c5ccccc5-c5cc(-c6ccccc6-c6cnn(-c7[c-]cccc7)c6)cc(-c6ccccc6-c6cnn(-c7[c-]cccc7)c6)c5)cn4)c3)c([2H])c2[2H])c([2H])c1[2H].[Ir+3]. The van der Waals surface area contributed by atoms with Crippen molar-refractivity contribution in [3.05, 3.63) is 273 Å². The summed E-state index contributed by atoms with van der Waals surface area (Å²) < 4.78 is 81.0. The van der Waals surface area contributed by atoms with Crippen molar-refractivity contribution < 1.29 is 32.4 Å². The second-order valence-corrected chi connectivity index (χ2v) is 16.5. The number of aromatic nitrogens is 5. The van der Waals surface area contributed by atoms with Gasteiger partial charge in [0.2, 0.25) is 0 Å². The van der Waals surface area contributed by atoms with E-state index < -0.39 is 59.9 Å². The van der Waals surface area contributed by atoms with Crippen LogP contribution in [0.2, 0.25) is 0 Å². The third-order valence-electron chi connectivity index (χ3n) is 12.1. The third-order valence-corrected chi connectivity index (χ3v) is 12.1. The second-order valence-electron chi connectivity index (χ2n) is 16.5. The summed E-state index contributed by atoms with van der Waals surface area (Å²) in [6.45, 7) is 0. The van der Waals surface area contributed by atoms with Crippen molar-refractivity contribution >= 4 is 0 Å². The molecule has 0 amide bonds. The molecule has 12 aromatic rings. The third kappa shape index (κ3) is 9.26. The Morgan fingerprint density at radius 2 is 0.803 bits per heavy atom. The summed E-state index contributed by atoms with van der Waals surface area (Å²) in [6.07, 6.45) is 9.63. The van der Waals surface area contributed by atoms with Crippen LogP contribution >= 0.6 is 0 Å². The summed E-state index contributed by atoms with van der Waals surface area (Å²) in [4.78, 5) is 4.93. The van der Waals surface area contributed by atoms with Gasteiger partial charge in [-0.15, -0.1) is 47.5 Å². The number of hydrogen-bond donors (Lipinski definition) is 0. The van der Waals surface area contributed by atoms with Crippen molar-refractivity contribution in [1.82, 2.24) is 24.5 Å². The number of hydrogen-bond acceptors (Lipinski definition) is 3. The Morgan fingerprint density at radius 3 is 1.27 bits per heavy atom. The maximum Gasteiger partial charge on any atom is 3.00 e. The van der Waals surface area contributed by atoms with Gasteiger partial charge in [0, 0.05) is 29.7 Å². The average Bonchev–Trinajstić information content (AvgIpc) is 4.31. The van der Waals surface area contributed by atoms with E-state index in [1.54, 1.807) is 24.4 Å². The van der Waals surface area contributed by atoms with Crippen molar-refractivity contribution in [2.75, 3.05) is 0 Å². The molecule has 0 aliphatic rings. The van der Waals surface area contributed by atoms with Crippen LogP contribution in [0.1, 0.15) is 12.3 Å². The molecule has 336 valence electrons. The van der Waals surface area contributed by atoms with E-state index in [2.05, 4.69) is 84.9 Å². The summed E-state index contributed by atoms with van der Waals surface area (Å²) in [6, 6.07) is 60.8. The zero-order valence-corrected chi connectivity index (χ0v) is 40.0. The average molecular weight is 1090 g/mol. The molecule has 0 radical (unpaired) electrons. The molecular weight excluding hydrogens is 1040 g/mol. The number of nitrogens with zero attached hydrogens (tertiary/aromatic N) is 5. The van der Waals surface area contributed by atoms with E-state index in [9.17, 15) is 0 Å². The van der Waals surface area contributed by atoms with Crippen LogP contribution in [0.25, 0.3) is 112 Å². The zero-order chi connectivity index (χ0) is 54.5. The predicted molar refractivity (Wildman–Crippen MR) is 284 cm³/mol. The fourth-order valence-corrected chi connectivity index (χ4v) is 8.73. The van der Waals surface area contributed by atoms with Gasteiger partial charge < -0.3 is 4.98 Å². The molecule has 0 bridgehead atoms. The largest absolute Gasteiger partial charge is 3.00 e. The van der Waals surface area contributed by atoms with E-state index in [0.29, 0.717) is 16.8 Å². The molecule has 0 fully saturated rings. The molecule has 0 atom stereocenters. The van der Waals surface area contributed by atoms with E-state index in [4.69, 9.17) is 27.5 Å². The summed E-state index contributed by atoms with van der Waals surface area (Å²) >= 11 is 0. The quantitative estimate of drug-likeness (QED) is 0.121. The Bertz CT molecular complexity index is 4120. The van der Waals surface area contributed by atoms with Gasteiger partial charge in [-0.25, -0.2) is 0 Å². The van der Waals surface area contributed by atoms with Crippen LogP contribution in [0, 0.1) is 18.2 Å². The zero-order valence-electron chi connectivity index (χ0n) is 46.6. The van der Waals surface area contributed by atoms with Crippen LogP contribution in [-0.4, -0.2) is 24.5 Å². The number of para-hydroxylation sites is 2. The van der Waals surface area contributed by atoms with Crippen LogP contribution in [0.3, 0.4) is 0 Å². The van der Waals surface area contributed by atoms with E-state index >= 15 is 0 Å². The number of pyridine rings is 1. The molecule has 0 aliphatic carbocycles. The summed E-state index contributed by atoms with van der Waals surface area (Å²) in [5.41, 5.74) is 14.0. The maximum atomic E-state index is 9.05. The van der Waals surface area contributed by atoms with Crippen molar-refractivity contribution in [1.29, 1.82) is 0 Å². The van der Waals surface area contributed by atoms with E-state index in [0.717, 1.165) is 78.1 Å². The summed E-state index contributed by atoms with van der Waals surface area (Å²) in [5.74, 6) is 0. The molecule has 0 spiro atoms. The standard InChI is InChI=1S/C65H42N5.Ir/c1-4-17-46(18-5-1)47-31-33-48(34-32-47)49-19-16-20-50(37-49)65-36-35-51(41-66-65)59-25-10-11-26-60(59)52-38-53(61-27-12-14-29-63(61)55-42-67-69(44-55)57-21-6-2-7-22-57)40-54(39-52)62-28-13-15-30-64(62)56-43-68-70(45-56)58-23-8-3-9-24-58;/h1-19,21,23,25-45H;/q-3;+3/i1D,4D,5D,17D,18D,31D,32D,33D,34D;. The predicted octanol–water partition coefficient (Wildman–Crippen LogP) is 15.9. The Kier molecular flexibility index (Phi) is 9.97. The van der Waals surface area contributed by atoms with Gasteiger partial charge in [0.15, 0.2) is 0 Å². The Morgan fingerprint density at radius 1 is 0.352 bits per heavy atom. The van der Waals surface area contributed by atoms with Crippen LogP contribution in [0.4, 0.5) is 0 Å². The van der Waals surface area contributed by atoms with Gasteiger partial charge in [-0.3, -0.25) is 9.36 Å². The topological polar surface area (TPSA) is 48.5 Å². The molecule has 0 unspecified atom stereocenters. The van der Waals surface area contributed by atoms with Gasteiger partial charge in [-0.1, -0.05) is 139 Å². The first-order chi connectivity index (χ1) is 38.4. The monoisotopic (exact) mass is 1090 g/mol. The van der Waals surface area contributed by atoms with Gasteiger partial charge in [-0.05, 0) is 108 Å². The first-order valence-corrected chi connectivity index (χ1v) is 22.6. The molecule has 5 nitrogen and oxygen atoms in total. The molecule has 3 heterocycles. The van der Waals surface area contributed by atoms with Crippen molar-refractivity contribution in [3.63, 3.8) is 0 Å². The van der Waals surface area contributed by atoms with Crippen molar-refractivity contribution in [2.45, 2.75) is 0 Å². The normalized spacial score (nSPS) is 12.8. The van der Waals surface area contributed by atoms with Crippen LogP contribution in [0.15, 0.2) is 255 Å². The number of rotatable bonds is 11. The maximum absolute atomic E-state index is 9.05. The van der Waals surface area contributed by atoms with Crippen LogP contribution in [-0.2, 0) is 20.1 Å². The summed E-state index contributed by atoms with van der Waals surface area (Å²) in [7, 11) is 0. The smallest absolute Gasteiger partial charge is 0.304 e. The molecule has 9 aromatic carbocycles.